The summed E-state index contributed by atoms with van der Waals surface area (Å²) in [6, 6.07) is 6.93. The van der Waals surface area contributed by atoms with Crippen molar-refractivity contribution in [3.05, 3.63) is 34.9 Å². The highest BCUT2D eigenvalue weighted by molar-refractivity contribution is 5.36. The third-order valence-electron chi connectivity index (χ3n) is 6.44. The predicted molar refractivity (Wildman–Crippen MR) is 96.9 cm³/mol. The number of nitrogens with zero attached hydrogens (tertiary/aromatic N) is 1. The Labute approximate surface area is 146 Å². The smallest absolute Gasteiger partial charge is 0.0922 e. The second kappa shape index (κ2) is 7.13. The van der Waals surface area contributed by atoms with E-state index >= 15 is 0 Å². The SMILES string of the molecule is CCC(C)C[C@@H]1CN2CCc3cc(C)ccc3[C@H]2C[C@]1(O)CC[19F]. The van der Waals surface area contributed by atoms with Gasteiger partial charge in [0.05, 0.1) is 12.3 Å². The van der Waals surface area contributed by atoms with Gasteiger partial charge in [0.2, 0.25) is 0 Å². The van der Waals surface area contributed by atoms with Crippen LogP contribution in [0.3, 0.4) is 0 Å². The molecule has 2 heterocycles. The molecule has 0 radical (unpaired) electrons. The Bertz CT molecular complexity index is 575. The lowest BCUT2D eigenvalue weighted by Gasteiger charge is -2.52. The molecule has 0 amide bonds. The predicted octanol–water partition coefficient (Wildman–Crippen LogP) is 4.44. The van der Waals surface area contributed by atoms with E-state index in [1.165, 1.54) is 16.7 Å². The van der Waals surface area contributed by atoms with Crippen molar-refractivity contribution in [2.75, 3.05) is 19.8 Å². The van der Waals surface area contributed by atoms with Crippen molar-refractivity contribution >= 4 is 0 Å². The van der Waals surface area contributed by atoms with E-state index in [4.69, 9.17) is 0 Å². The standard InChI is InChI=1S/C21H32FNO/c1-4-15(2)12-18-14-23-10-7-17-11-16(3)5-6-19(17)20(23)13-21(18,24)8-9-22/h5-6,11,15,18,20,24H,4,7-10,12-14H2,1-3H3/t15?,18-,20-,21-/m1/s1/i22+0. The lowest BCUT2D eigenvalue weighted by Crippen LogP contribution is -2.55. The highest BCUT2D eigenvalue weighted by atomic mass is 19.1. The van der Waals surface area contributed by atoms with Crippen molar-refractivity contribution in [1.29, 1.82) is 0 Å². The first-order chi connectivity index (χ1) is 11.5. The van der Waals surface area contributed by atoms with Gasteiger partial charge in [-0.05, 0) is 43.2 Å². The van der Waals surface area contributed by atoms with E-state index in [0.717, 1.165) is 32.4 Å². The molecule has 1 unspecified atom stereocenters. The summed E-state index contributed by atoms with van der Waals surface area (Å²) >= 11 is 0. The maximum Gasteiger partial charge on any atom is 0.0922 e. The van der Waals surface area contributed by atoms with E-state index in [-0.39, 0.29) is 18.4 Å². The van der Waals surface area contributed by atoms with E-state index in [2.05, 4.69) is 43.9 Å². The van der Waals surface area contributed by atoms with Gasteiger partial charge >= 0.3 is 0 Å². The Morgan fingerprint density at radius 2 is 2.21 bits per heavy atom. The quantitative estimate of drug-likeness (QED) is 0.861. The van der Waals surface area contributed by atoms with Crippen molar-refractivity contribution in [3.8, 4) is 0 Å². The van der Waals surface area contributed by atoms with Crippen LogP contribution in [0, 0.1) is 18.8 Å². The highest BCUT2D eigenvalue weighted by Crippen LogP contribution is 2.46. The van der Waals surface area contributed by atoms with E-state index in [1.807, 2.05) is 0 Å². The maximum absolute atomic E-state index is 13.2. The topological polar surface area (TPSA) is 23.5 Å². The van der Waals surface area contributed by atoms with Crippen molar-refractivity contribution < 1.29 is 9.50 Å². The van der Waals surface area contributed by atoms with Crippen LogP contribution in [0.2, 0.25) is 0 Å². The van der Waals surface area contributed by atoms with Crippen molar-refractivity contribution in [2.45, 2.75) is 64.5 Å². The summed E-state index contributed by atoms with van der Waals surface area (Å²) in [7, 11) is 0. The number of aryl methyl sites for hydroxylation is 1. The molecule has 2 aliphatic rings. The summed E-state index contributed by atoms with van der Waals surface area (Å²) in [5.41, 5.74) is 3.20. The van der Waals surface area contributed by atoms with E-state index in [1.54, 1.807) is 0 Å². The number of benzene rings is 1. The fourth-order valence-electron chi connectivity index (χ4n) is 4.72. The molecule has 4 atom stereocenters. The average Bonchev–Trinajstić information content (AvgIpc) is 2.55. The van der Waals surface area contributed by atoms with Gasteiger partial charge in [0, 0.05) is 31.5 Å². The Kier molecular flexibility index (Phi) is 5.31. The number of rotatable bonds is 5. The minimum Gasteiger partial charge on any atom is -0.389 e. The zero-order valence-electron chi connectivity index (χ0n) is 15.4. The molecule has 3 heteroatoms. The lowest BCUT2D eigenvalue weighted by atomic mass is 9.69. The van der Waals surface area contributed by atoms with Crippen molar-refractivity contribution in [3.63, 3.8) is 0 Å². The van der Waals surface area contributed by atoms with Gasteiger partial charge in [-0.1, -0.05) is 44.0 Å². The molecule has 1 saturated heterocycles. The first kappa shape index (κ1) is 17.9. The Morgan fingerprint density at radius 1 is 1.42 bits per heavy atom. The molecule has 1 fully saturated rings. The molecule has 0 spiro atoms. The van der Waals surface area contributed by atoms with Crippen LogP contribution in [0.5, 0.6) is 0 Å². The minimum absolute atomic E-state index is 0.187. The highest BCUT2D eigenvalue weighted by Gasteiger charge is 2.47. The van der Waals surface area contributed by atoms with Crippen LogP contribution in [-0.4, -0.2) is 35.4 Å². The maximum atomic E-state index is 13.2. The fourth-order valence-corrected chi connectivity index (χ4v) is 4.72. The zero-order chi connectivity index (χ0) is 17.3. The summed E-state index contributed by atoms with van der Waals surface area (Å²) in [5, 5.41) is 11.3. The van der Waals surface area contributed by atoms with Crippen LogP contribution in [0.4, 0.5) is 4.39 Å². The third-order valence-corrected chi connectivity index (χ3v) is 6.44. The van der Waals surface area contributed by atoms with Gasteiger partial charge in [-0.25, -0.2) is 0 Å². The summed E-state index contributed by atoms with van der Waals surface area (Å²) in [4.78, 5) is 2.54. The molecule has 24 heavy (non-hydrogen) atoms. The molecule has 1 N–H and O–H groups in total. The number of hydrogen-bond donors (Lipinski definition) is 1. The molecule has 2 aliphatic heterocycles. The van der Waals surface area contributed by atoms with Gasteiger partial charge in [-0.3, -0.25) is 9.29 Å². The largest absolute Gasteiger partial charge is 0.389 e. The summed E-state index contributed by atoms with van der Waals surface area (Å²) in [5.74, 6) is 0.767. The van der Waals surface area contributed by atoms with Gasteiger partial charge in [0.25, 0.3) is 0 Å². The van der Waals surface area contributed by atoms with Gasteiger partial charge < -0.3 is 5.11 Å². The lowest BCUT2D eigenvalue weighted by molar-refractivity contribution is -0.111. The Balaban J connectivity index is 1.87. The van der Waals surface area contributed by atoms with Crippen LogP contribution in [0.1, 0.15) is 62.3 Å². The summed E-state index contributed by atoms with van der Waals surface area (Å²) in [6.07, 6.45) is 4.16. The number of aliphatic hydroxyl groups is 1. The molecule has 1 aromatic carbocycles. The second-order valence-electron chi connectivity index (χ2n) is 8.16. The van der Waals surface area contributed by atoms with E-state index < -0.39 is 12.3 Å². The Hall–Kier alpha value is -0.930. The molecule has 134 valence electrons. The normalized spacial score (nSPS) is 31.4. The number of fused-ring (bicyclic) bond motifs is 3. The first-order valence-corrected chi connectivity index (χ1v) is 9.58. The molecule has 0 saturated carbocycles. The molecular formula is C21H32FNO. The average molecular weight is 333 g/mol. The van der Waals surface area contributed by atoms with Crippen LogP contribution in [-0.2, 0) is 6.42 Å². The van der Waals surface area contributed by atoms with E-state index in [0.29, 0.717) is 12.3 Å². The molecule has 0 aliphatic carbocycles. The van der Waals surface area contributed by atoms with Crippen molar-refractivity contribution in [1.82, 2.24) is 4.90 Å². The molecular weight excluding hydrogens is 301 g/mol. The molecule has 0 bridgehead atoms. The second-order valence-corrected chi connectivity index (χ2v) is 8.16. The number of alkyl halides is 1. The van der Waals surface area contributed by atoms with Crippen LogP contribution >= 0.6 is 0 Å². The summed E-state index contributed by atoms with van der Waals surface area (Å²) in [6.45, 7) is 8.11. The zero-order valence-corrected chi connectivity index (χ0v) is 15.4. The van der Waals surface area contributed by atoms with E-state index in [9.17, 15) is 9.50 Å². The molecule has 3 rings (SSSR count). The van der Waals surface area contributed by atoms with Gasteiger partial charge in [-0.2, -0.15) is 0 Å². The monoisotopic (exact) mass is 333 g/mol. The first-order valence-electron chi connectivity index (χ1n) is 9.58. The number of hydrogen-bond acceptors (Lipinski definition) is 2. The van der Waals surface area contributed by atoms with Gasteiger partial charge in [-0.15, -0.1) is 0 Å². The van der Waals surface area contributed by atoms with Gasteiger partial charge in [0.15, 0.2) is 0 Å². The molecule has 1 aromatic rings. The molecule has 0 aromatic heterocycles. The Morgan fingerprint density at radius 3 is 2.92 bits per heavy atom. The third kappa shape index (κ3) is 3.39. The van der Waals surface area contributed by atoms with Gasteiger partial charge in [0.1, 0.15) is 0 Å². The number of halogens is 1. The summed E-state index contributed by atoms with van der Waals surface area (Å²) < 4.78 is 13.2. The van der Waals surface area contributed by atoms with Crippen LogP contribution in [0.15, 0.2) is 18.2 Å². The van der Waals surface area contributed by atoms with Crippen LogP contribution in [0.25, 0.3) is 0 Å². The van der Waals surface area contributed by atoms with Crippen LogP contribution < -0.4 is 0 Å². The molecule has 2 nitrogen and oxygen atoms in total. The number of piperidine rings is 1. The minimum atomic E-state index is -0.862. The van der Waals surface area contributed by atoms with Crippen molar-refractivity contribution in [2.24, 2.45) is 11.8 Å². The fraction of sp³-hybridized carbons (Fsp3) is 0.714.